The summed E-state index contributed by atoms with van der Waals surface area (Å²) in [5.41, 5.74) is 1.10. The third kappa shape index (κ3) is 6.73. The molecule has 0 aliphatic rings. The minimum Gasteiger partial charge on any atom is -0.396 e. The van der Waals surface area contributed by atoms with E-state index in [0.717, 1.165) is 16.5 Å². The van der Waals surface area contributed by atoms with E-state index in [2.05, 4.69) is 21.2 Å². The maximum atomic E-state index is 11.8. The van der Waals surface area contributed by atoms with Crippen LogP contribution in [0.2, 0.25) is 0 Å². The molecule has 0 fully saturated rings. The summed E-state index contributed by atoms with van der Waals surface area (Å²) in [5.74, 6) is 0.0611. The molecule has 0 saturated carbocycles. The molecule has 0 bridgehead atoms. The largest absolute Gasteiger partial charge is 0.396 e. The van der Waals surface area contributed by atoms with Gasteiger partial charge in [-0.2, -0.15) is 0 Å². The van der Waals surface area contributed by atoms with Gasteiger partial charge in [0, 0.05) is 24.0 Å². The summed E-state index contributed by atoms with van der Waals surface area (Å²) < 4.78 is 1.04. The summed E-state index contributed by atoms with van der Waals surface area (Å²) in [4.78, 5) is 11.8. The summed E-state index contributed by atoms with van der Waals surface area (Å²) in [6, 6.07) is 8.00. The highest BCUT2D eigenvalue weighted by molar-refractivity contribution is 9.10. The first-order valence-electron chi connectivity index (χ1n) is 6.55. The number of aliphatic hydroxyl groups is 1. The quantitative estimate of drug-likeness (QED) is 0.809. The van der Waals surface area contributed by atoms with Crippen molar-refractivity contribution in [2.75, 3.05) is 13.2 Å². The number of hydrogen-bond donors (Lipinski definition) is 2. The van der Waals surface area contributed by atoms with Crippen molar-refractivity contribution < 1.29 is 9.90 Å². The second-order valence-corrected chi connectivity index (χ2v) is 6.46. The molecule has 4 heteroatoms. The van der Waals surface area contributed by atoms with Crippen molar-refractivity contribution in [3.63, 3.8) is 0 Å². The SMILES string of the molecule is CC(C)(CCO)CNC(=O)CCc1cccc(Br)c1. The first-order chi connectivity index (χ1) is 8.93. The molecule has 0 aliphatic heterocycles. The lowest BCUT2D eigenvalue weighted by Crippen LogP contribution is -2.34. The Morgan fingerprint density at radius 1 is 1.42 bits per heavy atom. The molecule has 0 atom stereocenters. The van der Waals surface area contributed by atoms with E-state index in [-0.39, 0.29) is 17.9 Å². The average molecular weight is 328 g/mol. The van der Waals surface area contributed by atoms with Gasteiger partial charge in [-0.15, -0.1) is 0 Å². The third-order valence-electron chi connectivity index (χ3n) is 3.08. The van der Waals surface area contributed by atoms with E-state index in [1.807, 2.05) is 38.1 Å². The minimum atomic E-state index is -0.0554. The Kier molecular flexibility index (Phi) is 6.52. The highest BCUT2D eigenvalue weighted by atomic mass is 79.9. The van der Waals surface area contributed by atoms with Crippen LogP contribution in [0, 0.1) is 5.41 Å². The number of aryl methyl sites for hydroxylation is 1. The van der Waals surface area contributed by atoms with Crippen LogP contribution in [0.3, 0.4) is 0 Å². The molecule has 1 aromatic carbocycles. The van der Waals surface area contributed by atoms with Crippen molar-refractivity contribution in [3.05, 3.63) is 34.3 Å². The number of rotatable bonds is 7. The van der Waals surface area contributed by atoms with Gasteiger partial charge in [0.15, 0.2) is 0 Å². The molecule has 0 unspecified atom stereocenters. The molecule has 1 amide bonds. The first-order valence-corrected chi connectivity index (χ1v) is 7.34. The zero-order chi connectivity index (χ0) is 14.3. The van der Waals surface area contributed by atoms with Gasteiger partial charge in [-0.3, -0.25) is 4.79 Å². The molecule has 0 radical (unpaired) electrons. The van der Waals surface area contributed by atoms with Crippen molar-refractivity contribution in [2.45, 2.75) is 33.1 Å². The molecule has 3 nitrogen and oxygen atoms in total. The molecular formula is C15H22BrNO2. The molecule has 2 N–H and O–H groups in total. The molecule has 0 aromatic heterocycles. The Balaban J connectivity index is 2.32. The van der Waals surface area contributed by atoms with Crippen LogP contribution in [0.5, 0.6) is 0 Å². The number of nitrogens with one attached hydrogen (secondary N) is 1. The lowest BCUT2D eigenvalue weighted by Gasteiger charge is -2.23. The highest BCUT2D eigenvalue weighted by Crippen LogP contribution is 2.18. The van der Waals surface area contributed by atoms with Crippen molar-refractivity contribution in [2.24, 2.45) is 5.41 Å². The van der Waals surface area contributed by atoms with Gasteiger partial charge in [-0.25, -0.2) is 0 Å². The van der Waals surface area contributed by atoms with Gasteiger partial charge in [-0.05, 0) is 36.0 Å². The van der Waals surface area contributed by atoms with Crippen molar-refractivity contribution in [1.29, 1.82) is 0 Å². The predicted molar refractivity (Wildman–Crippen MR) is 81.0 cm³/mol. The molecule has 106 valence electrons. The number of benzene rings is 1. The third-order valence-corrected chi connectivity index (χ3v) is 3.58. The number of amides is 1. The topological polar surface area (TPSA) is 49.3 Å². The van der Waals surface area contributed by atoms with Crippen LogP contribution in [0.1, 0.15) is 32.3 Å². The Morgan fingerprint density at radius 2 is 2.16 bits per heavy atom. The second-order valence-electron chi connectivity index (χ2n) is 5.54. The minimum absolute atomic E-state index is 0.0554. The number of aliphatic hydroxyl groups excluding tert-OH is 1. The van der Waals surface area contributed by atoms with E-state index < -0.39 is 0 Å². The van der Waals surface area contributed by atoms with E-state index >= 15 is 0 Å². The summed E-state index contributed by atoms with van der Waals surface area (Å²) in [5, 5.41) is 11.9. The molecule has 0 saturated heterocycles. The standard InChI is InChI=1S/C15H22BrNO2/c1-15(2,8-9-18)11-17-14(19)7-6-12-4-3-5-13(16)10-12/h3-5,10,18H,6-9,11H2,1-2H3,(H,17,19). The molecule has 1 rings (SSSR count). The molecule has 19 heavy (non-hydrogen) atoms. The van der Waals surface area contributed by atoms with Gasteiger partial charge in [0.1, 0.15) is 0 Å². The molecule has 0 aliphatic carbocycles. The van der Waals surface area contributed by atoms with E-state index in [9.17, 15) is 4.79 Å². The first kappa shape index (κ1) is 16.2. The maximum absolute atomic E-state index is 11.8. The Labute approximate surface area is 123 Å². The summed E-state index contributed by atoms with van der Waals surface area (Å²) in [7, 11) is 0. The zero-order valence-corrected chi connectivity index (χ0v) is 13.2. The average Bonchev–Trinajstić information content (AvgIpc) is 2.34. The van der Waals surface area contributed by atoms with Gasteiger partial charge in [0.2, 0.25) is 5.91 Å². The van der Waals surface area contributed by atoms with Crippen molar-refractivity contribution in [1.82, 2.24) is 5.32 Å². The van der Waals surface area contributed by atoms with Gasteiger partial charge in [0.05, 0.1) is 0 Å². The molecule has 1 aromatic rings. The summed E-state index contributed by atoms with van der Waals surface area (Å²) in [6.45, 7) is 4.83. The van der Waals surface area contributed by atoms with Crippen LogP contribution in [0.15, 0.2) is 28.7 Å². The van der Waals surface area contributed by atoms with E-state index in [1.54, 1.807) is 0 Å². The lowest BCUT2D eigenvalue weighted by atomic mass is 9.90. The fourth-order valence-corrected chi connectivity index (χ4v) is 2.21. The van der Waals surface area contributed by atoms with Gasteiger partial charge in [-0.1, -0.05) is 41.9 Å². The van der Waals surface area contributed by atoms with Gasteiger partial charge >= 0.3 is 0 Å². The Morgan fingerprint density at radius 3 is 2.79 bits per heavy atom. The fourth-order valence-electron chi connectivity index (χ4n) is 1.77. The lowest BCUT2D eigenvalue weighted by molar-refractivity contribution is -0.121. The van der Waals surface area contributed by atoms with E-state index in [1.165, 1.54) is 0 Å². The van der Waals surface area contributed by atoms with E-state index in [4.69, 9.17) is 5.11 Å². The van der Waals surface area contributed by atoms with E-state index in [0.29, 0.717) is 19.4 Å². The highest BCUT2D eigenvalue weighted by Gasteiger charge is 2.17. The fraction of sp³-hybridized carbons (Fsp3) is 0.533. The number of carbonyl (C=O) groups is 1. The maximum Gasteiger partial charge on any atom is 0.220 e. The predicted octanol–water partition coefficient (Wildman–Crippen LogP) is 2.91. The van der Waals surface area contributed by atoms with Crippen LogP contribution >= 0.6 is 15.9 Å². The normalized spacial score (nSPS) is 11.4. The van der Waals surface area contributed by atoms with Crippen LogP contribution in [-0.2, 0) is 11.2 Å². The van der Waals surface area contributed by atoms with Gasteiger partial charge in [0.25, 0.3) is 0 Å². The van der Waals surface area contributed by atoms with Crippen LogP contribution < -0.4 is 5.32 Å². The second kappa shape index (κ2) is 7.65. The smallest absolute Gasteiger partial charge is 0.220 e. The van der Waals surface area contributed by atoms with Crippen molar-refractivity contribution in [3.8, 4) is 0 Å². The number of hydrogen-bond acceptors (Lipinski definition) is 2. The number of halogens is 1. The van der Waals surface area contributed by atoms with Crippen LogP contribution in [0.4, 0.5) is 0 Å². The van der Waals surface area contributed by atoms with Crippen LogP contribution in [-0.4, -0.2) is 24.2 Å². The van der Waals surface area contributed by atoms with Crippen molar-refractivity contribution >= 4 is 21.8 Å². The Hall–Kier alpha value is -0.870. The molecule has 0 heterocycles. The zero-order valence-electron chi connectivity index (χ0n) is 11.6. The van der Waals surface area contributed by atoms with Crippen LogP contribution in [0.25, 0.3) is 0 Å². The summed E-state index contributed by atoms with van der Waals surface area (Å²) >= 11 is 3.42. The Bertz CT molecular complexity index is 418. The number of carbonyl (C=O) groups excluding carboxylic acids is 1. The summed E-state index contributed by atoms with van der Waals surface area (Å²) in [6.07, 6.45) is 1.93. The van der Waals surface area contributed by atoms with Gasteiger partial charge < -0.3 is 10.4 Å². The molecular weight excluding hydrogens is 306 g/mol. The molecule has 0 spiro atoms. The monoisotopic (exact) mass is 327 g/mol.